The van der Waals surface area contributed by atoms with Crippen LogP contribution >= 0.6 is 22.7 Å². The fourth-order valence-electron chi connectivity index (χ4n) is 2.12. The first-order valence-electron chi connectivity index (χ1n) is 5.88. The average molecular weight is 274 g/mol. The summed E-state index contributed by atoms with van der Waals surface area (Å²) in [7, 11) is 0. The normalized spacial score (nSPS) is 13.1. The Morgan fingerprint density at radius 3 is 2.72 bits per heavy atom. The first-order valence-corrected chi connectivity index (χ1v) is 7.57. The van der Waals surface area contributed by atoms with Crippen LogP contribution in [0, 0.1) is 13.8 Å². The molecule has 0 radical (unpaired) electrons. The van der Waals surface area contributed by atoms with Crippen LogP contribution in [0.3, 0.4) is 0 Å². The van der Waals surface area contributed by atoms with Gasteiger partial charge < -0.3 is 5.11 Å². The maximum atomic E-state index is 10.6. The van der Waals surface area contributed by atoms with Crippen LogP contribution in [0.1, 0.15) is 27.0 Å². The Hall–Kier alpha value is -1.16. The van der Waals surface area contributed by atoms with Crippen LogP contribution in [0.4, 0.5) is 0 Å². The van der Waals surface area contributed by atoms with E-state index in [1.807, 2.05) is 12.1 Å². The van der Waals surface area contributed by atoms with Crippen molar-refractivity contribution in [3.63, 3.8) is 0 Å². The lowest BCUT2D eigenvalue weighted by Crippen LogP contribution is -1.96. The minimum Gasteiger partial charge on any atom is -0.383 e. The molecule has 0 aliphatic rings. The summed E-state index contributed by atoms with van der Waals surface area (Å²) >= 11 is 3.38. The number of benzene rings is 1. The molecule has 1 nitrogen and oxygen atoms in total. The predicted octanol–water partition coefficient (Wildman–Crippen LogP) is 4.66. The second-order valence-corrected chi connectivity index (χ2v) is 6.68. The fraction of sp³-hybridized carbons (Fsp3) is 0.200. The molecule has 0 spiro atoms. The molecule has 1 aromatic carbocycles. The SMILES string of the molecule is Cc1cc(C(O)c2cccc3ccsc23)sc1C. The molecule has 2 heterocycles. The van der Waals surface area contributed by atoms with Gasteiger partial charge in [-0.15, -0.1) is 22.7 Å². The van der Waals surface area contributed by atoms with Gasteiger partial charge in [0.1, 0.15) is 6.10 Å². The number of aryl methyl sites for hydroxylation is 2. The van der Waals surface area contributed by atoms with Gasteiger partial charge in [0.15, 0.2) is 0 Å². The van der Waals surface area contributed by atoms with Gasteiger partial charge >= 0.3 is 0 Å². The van der Waals surface area contributed by atoms with Crippen LogP contribution in [0.25, 0.3) is 10.1 Å². The van der Waals surface area contributed by atoms with Crippen molar-refractivity contribution in [2.45, 2.75) is 20.0 Å². The van der Waals surface area contributed by atoms with Gasteiger partial charge in [-0.1, -0.05) is 18.2 Å². The third kappa shape index (κ3) is 1.88. The first-order chi connectivity index (χ1) is 8.66. The van der Waals surface area contributed by atoms with E-state index in [4.69, 9.17) is 0 Å². The maximum absolute atomic E-state index is 10.6. The molecule has 3 aromatic rings. The Balaban J connectivity index is 2.11. The molecule has 0 saturated carbocycles. The van der Waals surface area contributed by atoms with Gasteiger partial charge in [-0.3, -0.25) is 0 Å². The Labute approximate surface area is 114 Å². The fourth-order valence-corrected chi connectivity index (χ4v) is 4.11. The van der Waals surface area contributed by atoms with Crippen molar-refractivity contribution in [1.29, 1.82) is 0 Å². The van der Waals surface area contributed by atoms with Gasteiger partial charge in [-0.2, -0.15) is 0 Å². The molecule has 3 heteroatoms. The third-order valence-electron chi connectivity index (χ3n) is 3.26. The van der Waals surface area contributed by atoms with Gasteiger partial charge in [0.25, 0.3) is 0 Å². The monoisotopic (exact) mass is 274 g/mol. The Morgan fingerprint density at radius 2 is 2.00 bits per heavy atom. The number of aliphatic hydroxyl groups excluding tert-OH is 1. The topological polar surface area (TPSA) is 20.2 Å². The molecule has 1 N–H and O–H groups in total. The lowest BCUT2D eigenvalue weighted by Gasteiger charge is -2.10. The molecule has 0 bridgehead atoms. The Bertz CT molecular complexity index is 674. The van der Waals surface area contributed by atoms with E-state index in [0.717, 1.165) is 10.4 Å². The Kier molecular flexibility index (Phi) is 2.98. The minimum atomic E-state index is -0.509. The molecule has 1 unspecified atom stereocenters. The zero-order chi connectivity index (χ0) is 12.7. The van der Waals surface area contributed by atoms with Crippen LogP contribution in [-0.2, 0) is 0 Å². The van der Waals surface area contributed by atoms with E-state index in [2.05, 4.69) is 37.4 Å². The van der Waals surface area contributed by atoms with Crippen LogP contribution < -0.4 is 0 Å². The van der Waals surface area contributed by atoms with Crippen molar-refractivity contribution in [2.75, 3.05) is 0 Å². The van der Waals surface area contributed by atoms with Gasteiger partial charge in [-0.05, 0) is 42.3 Å². The van der Waals surface area contributed by atoms with Crippen molar-refractivity contribution in [3.8, 4) is 0 Å². The van der Waals surface area contributed by atoms with E-state index in [-0.39, 0.29) is 0 Å². The molecule has 0 amide bonds. The zero-order valence-electron chi connectivity index (χ0n) is 10.3. The van der Waals surface area contributed by atoms with Crippen molar-refractivity contribution in [3.05, 3.63) is 56.6 Å². The smallest absolute Gasteiger partial charge is 0.115 e. The summed E-state index contributed by atoms with van der Waals surface area (Å²) in [5, 5.41) is 13.8. The minimum absolute atomic E-state index is 0.509. The maximum Gasteiger partial charge on any atom is 0.115 e. The van der Waals surface area contributed by atoms with Gasteiger partial charge in [0.05, 0.1) is 0 Å². The summed E-state index contributed by atoms with van der Waals surface area (Å²) in [5.74, 6) is 0. The summed E-state index contributed by atoms with van der Waals surface area (Å²) in [6.07, 6.45) is -0.509. The van der Waals surface area contributed by atoms with Crippen LogP contribution in [-0.4, -0.2) is 5.11 Å². The van der Waals surface area contributed by atoms with Crippen molar-refractivity contribution >= 4 is 32.8 Å². The molecule has 0 saturated heterocycles. The summed E-state index contributed by atoms with van der Waals surface area (Å²) in [5.41, 5.74) is 2.27. The second kappa shape index (κ2) is 4.50. The van der Waals surface area contributed by atoms with E-state index < -0.39 is 6.10 Å². The first kappa shape index (κ1) is 11.9. The van der Waals surface area contributed by atoms with E-state index in [9.17, 15) is 5.11 Å². The van der Waals surface area contributed by atoms with E-state index >= 15 is 0 Å². The van der Waals surface area contributed by atoms with E-state index in [1.165, 1.54) is 20.5 Å². The molecule has 0 aliphatic carbocycles. The molecule has 18 heavy (non-hydrogen) atoms. The number of hydrogen-bond donors (Lipinski definition) is 1. The third-order valence-corrected chi connectivity index (χ3v) is 5.44. The lowest BCUT2D eigenvalue weighted by molar-refractivity contribution is 0.226. The average Bonchev–Trinajstić information content (AvgIpc) is 2.95. The summed E-state index contributed by atoms with van der Waals surface area (Å²) in [4.78, 5) is 2.31. The summed E-state index contributed by atoms with van der Waals surface area (Å²) < 4.78 is 1.19. The number of aliphatic hydroxyl groups is 1. The van der Waals surface area contributed by atoms with Crippen LogP contribution in [0.2, 0.25) is 0 Å². The van der Waals surface area contributed by atoms with Crippen LogP contribution in [0.15, 0.2) is 35.7 Å². The Morgan fingerprint density at radius 1 is 1.17 bits per heavy atom. The largest absolute Gasteiger partial charge is 0.383 e. The zero-order valence-corrected chi connectivity index (χ0v) is 11.9. The van der Waals surface area contributed by atoms with Gasteiger partial charge in [0.2, 0.25) is 0 Å². The van der Waals surface area contributed by atoms with Gasteiger partial charge in [-0.25, -0.2) is 0 Å². The molecule has 0 fully saturated rings. The van der Waals surface area contributed by atoms with E-state index in [1.54, 1.807) is 22.7 Å². The van der Waals surface area contributed by atoms with Gasteiger partial charge in [0, 0.05) is 20.0 Å². The highest BCUT2D eigenvalue weighted by atomic mass is 32.1. The molecule has 3 rings (SSSR count). The quantitative estimate of drug-likeness (QED) is 0.720. The lowest BCUT2D eigenvalue weighted by atomic mass is 10.1. The summed E-state index contributed by atoms with van der Waals surface area (Å²) in [6, 6.07) is 10.3. The van der Waals surface area contributed by atoms with Crippen molar-refractivity contribution < 1.29 is 5.11 Å². The van der Waals surface area contributed by atoms with E-state index in [0.29, 0.717) is 0 Å². The molecule has 1 atom stereocenters. The summed E-state index contributed by atoms with van der Waals surface area (Å²) in [6.45, 7) is 4.19. The number of fused-ring (bicyclic) bond motifs is 1. The highest BCUT2D eigenvalue weighted by Crippen LogP contribution is 2.35. The molecular weight excluding hydrogens is 260 g/mol. The second-order valence-electron chi connectivity index (χ2n) is 4.48. The number of rotatable bonds is 2. The number of hydrogen-bond acceptors (Lipinski definition) is 3. The predicted molar refractivity (Wildman–Crippen MR) is 79.7 cm³/mol. The standard InChI is InChI=1S/C15H14OS2/c1-9-8-13(18-10(9)2)14(16)12-5-3-4-11-6-7-17-15(11)12/h3-8,14,16H,1-2H3. The molecular formula is C15H14OS2. The highest BCUT2D eigenvalue weighted by molar-refractivity contribution is 7.17. The van der Waals surface area contributed by atoms with Crippen LogP contribution in [0.5, 0.6) is 0 Å². The number of thiophene rings is 2. The molecule has 92 valence electrons. The van der Waals surface area contributed by atoms with Crippen molar-refractivity contribution in [2.24, 2.45) is 0 Å². The highest BCUT2D eigenvalue weighted by Gasteiger charge is 2.16. The molecule has 2 aromatic heterocycles. The molecule has 0 aliphatic heterocycles. The van der Waals surface area contributed by atoms with Crippen molar-refractivity contribution in [1.82, 2.24) is 0 Å².